The Morgan fingerprint density at radius 2 is 1.79 bits per heavy atom. The van der Waals surface area contributed by atoms with Crippen LogP contribution in [0.2, 0.25) is 0 Å². The van der Waals surface area contributed by atoms with Crippen molar-refractivity contribution in [3.63, 3.8) is 0 Å². The molecule has 2 heterocycles. The third kappa shape index (κ3) is 3.58. The van der Waals surface area contributed by atoms with Gasteiger partial charge in [0.2, 0.25) is 11.6 Å². The van der Waals surface area contributed by atoms with Crippen LogP contribution in [0.25, 0.3) is 0 Å². The molecule has 2 unspecified atom stereocenters. The molecule has 5 aliphatic carbocycles. The summed E-state index contributed by atoms with van der Waals surface area (Å²) in [5.74, 6) is 2.43. The van der Waals surface area contributed by atoms with Gasteiger partial charge in [-0.2, -0.15) is 9.78 Å². The first kappa shape index (κ1) is 21.6. The highest BCUT2D eigenvalue weighted by Crippen LogP contribution is 2.64. The zero-order chi connectivity index (χ0) is 22.8. The predicted molar refractivity (Wildman–Crippen MR) is 124 cm³/mol. The molecule has 1 aromatic carbocycles. The van der Waals surface area contributed by atoms with Crippen LogP contribution < -0.4 is 10.1 Å². The first-order valence-corrected chi connectivity index (χ1v) is 13.5. The maximum Gasteiger partial charge on any atom is 0.415 e. The largest absolute Gasteiger partial charge is 0.415 e. The molecule has 1 aromatic rings. The molecule has 5 saturated carbocycles. The van der Waals surface area contributed by atoms with Gasteiger partial charge in [-0.15, -0.1) is 0 Å². The van der Waals surface area contributed by atoms with Gasteiger partial charge in [-0.1, -0.05) is 12.1 Å². The second kappa shape index (κ2) is 8.19. The first-order chi connectivity index (χ1) is 16.6. The lowest BCUT2D eigenvalue weighted by Crippen LogP contribution is -2.59. The summed E-state index contributed by atoms with van der Waals surface area (Å²) in [7, 11) is 0. The standard InChI is InChI=1S/C27H36N2O5/c30-25(29-9-7-28-8-10-29)31-24-5-1-3-20(16-24)21-4-2-6-26(17-21)32-27(34-33-26)22-12-18-11-19(14-22)15-23(27)13-18/h1,3,5,16,18-19,21-23,28H,2,4,6-15,17H2. The van der Waals surface area contributed by atoms with Crippen molar-refractivity contribution < 1.29 is 24.0 Å². The molecule has 8 rings (SSSR count). The van der Waals surface area contributed by atoms with Crippen molar-refractivity contribution in [1.82, 2.24) is 10.2 Å². The highest BCUT2D eigenvalue weighted by Gasteiger charge is 2.67. The number of piperazine rings is 1. The van der Waals surface area contributed by atoms with E-state index >= 15 is 0 Å². The van der Waals surface area contributed by atoms with Crippen molar-refractivity contribution in [2.24, 2.45) is 23.7 Å². The average molecular weight is 469 g/mol. The fourth-order valence-electron chi connectivity index (χ4n) is 8.10. The third-order valence-electron chi connectivity index (χ3n) is 9.52. The van der Waals surface area contributed by atoms with Gasteiger partial charge in [0.15, 0.2) is 0 Å². The number of hydrogen-bond acceptors (Lipinski definition) is 6. The Kier molecular flexibility index (Phi) is 5.20. The maximum absolute atomic E-state index is 12.6. The molecule has 7 heteroatoms. The van der Waals surface area contributed by atoms with Gasteiger partial charge in [0.1, 0.15) is 5.75 Å². The molecule has 0 aromatic heterocycles. The van der Waals surface area contributed by atoms with Gasteiger partial charge in [0, 0.05) is 50.9 Å². The molecule has 7 nitrogen and oxygen atoms in total. The van der Waals surface area contributed by atoms with Crippen LogP contribution in [0.3, 0.4) is 0 Å². The van der Waals surface area contributed by atoms with E-state index in [1.807, 2.05) is 18.2 Å². The normalized spacial score (nSPS) is 43.1. The average Bonchev–Trinajstić information content (AvgIpc) is 3.22. The Labute approximate surface area is 201 Å². The molecule has 2 saturated heterocycles. The van der Waals surface area contributed by atoms with Crippen molar-refractivity contribution in [3.05, 3.63) is 29.8 Å². The monoisotopic (exact) mass is 468 g/mol. The number of nitrogens with zero attached hydrogens (tertiary/aromatic N) is 1. The minimum Gasteiger partial charge on any atom is -0.410 e. The number of hydrogen-bond donors (Lipinski definition) is 1. The summed E-state index contributed by atoms with van der Waals surface area (Å²) in [5.41, 5.74) is 1.18. The zero-order valence-corrected chi connectivity index (χ0v) is 19.9. The van der Waals surface area contributed by atoms with Crippen LogP contribution in [0.1, 0.15) is 69.3 Å². The summed E-state index contributed by atoms with van der Waals surface area (Å²) in [5, 5.41) is 3.26. The van der Waals surface area contributed by atoms with Crippen molar-refractivity contribution >= 4 is 6.09 Å². The maximum atomic E-state index is 12.6. The van der Waals surface area contributed by atoms with E-state index in [1.54, 1.807) is 4.90 Å². The minimum absolute atomic E-state index is 0.265. The third-order valence-corrected chi connectivity index (χ3v) is 9.52. The van der Waals surface area contributed by atoms with Crippen LogP contribution in [0, 0.1) is 23.7 Å². The number of amides is 1. The molecular weight excluding hydrogens is 432 g/mol. The Balaban J connectivity index is 1.06. The van der Waals surface area contributed by atoms with E-state index in [0.29, 0.717) is 36.6 Å². The van der Waals surface area contributed by atoms with Gasteiger partial charge in [-0.3, -0.25) is 0 Å². The van der Waals surface area contributed by atoms with E-state index in [-0.39, 0.29) is 6.09 Å². The van der Waals surface area contributed by atoms with Crippen LogP contribution in [-0.4, -0.2) is 48.7 Å². The van der Waals surface area contributed by atoms with E-state index in [2.05, 4.69) is 11.4 Å². The Morgan fingerprint density at radius 3 is 2.56 bits per heavy atom. The number of carbonyl (C=O) groups is 1. The quantitative estimate of drug-likeness (QED) is 0.641. The minimum atomic E-state index is -0.647. The van der Waals surface area contributed by atoms with E-state index in [9.17, 15) is 4.79 Å². The summed E-state index contributed by atoms with van der Waals surface area (Å²) in [6, 6.07) is 8.03. The molecule has 1 N–H and O–H groups in total. The number of ether oxygens (including phenoxy) is 2. The molecule has 184 valence electrons. The smallest absolute Gasteiger partial charge is 0.410 e. The van der Waals surface area contributed by atoms with Crippen LogP contribution in [-0.2, 0) is 14.5 Å². The molecule has 0 radical (unpaired) electrons. The fraction of sp³-hybridized carbons (Fsp3) is 0.741. The lowest BCUT2D eigenvalue weighted by Gasteiger charge is -2.57. The lowest BCUT2D eigenvalue weighted by molar-refractivity contribution is -0.390. The second-order valence-corrected chi connectivity index (χ2v) is 11.7. The SMILES string of the molecule is O=C(Oc1cccc(C2CCCC3(C2)OOC2(O3)C3CC4CC(C3)CC2C4)c1)N1CCNCC1. The highest BCUT2D eigenvalue weighted by atomic mass is 17.3. The van der Waals surface area contributed by atoms with Gasteiger partial charge < -0.3 is 19.7 Å². The fourth-order valence-corrected chi connectivity index (χ4v) is 8.10. The van der Waals surface area contributed by atoms with E-state index in [0.717, 1.165) is 50.6 Å². The second-order valence-electron chi connectivity index (χ2n) is 11.7. The number of benzene rings is 1. The summed E-state index contributed by atoms with van der Waals surface area (Å²) < 4.78 is 12.7. The van der Waals surface area contributed by atoms with Gasteiger partial charge in [-0.05, 0) is 80.4 Å². The van der Waals surface area contributed by atoms with E-state index in [4.69, 9.17) is 19.2 Å². The Hall–Kier alpha value is -1.67. The molecule has 2 aliphatic heterocycles. The zero-order valence-electron chi connectivity index (χ0n) is 19.9. The van der Waals surface area contributed by atoms with Crippen LogP contribution in [0.15, 0.2) is 24.3 Å². The molecule has 34 heavy (non-hydrogen) atoms. The number of nitrogens with one attached hydrogen (secondary N) is 1. The van der Waals surface area contributed by atoms with Crippen molar-refractivity contribution in [2.45, 2.75) is 75.3 Å². The predicted octanol–water partition coefficient (Wildman–Crippen LogP) is 4.58. The summed E-state index contributed by atoms with van der Waals surface area (Å²) >= 11 is 0. The van der Waals surface area contributed by atoms with Crippen LogP contribution >= 0.6 is 0 Å². The molecule has 4 bridgehead atoms. The molecule has 2 spiro atoms. The number of carbonyl (C=O) groups excluding carboxylic acids is 1. The molecule has 7 aliphatic rings. The Morgan fingerprint density at radius 1 is 1.03 bits per heavy atom. The molecule has 2 atom stereocenters. The summed E-state index contributed by atoms with van der Waals surface area (Å²) in [6.45, 7) is 2.99. The van der Waals surface area contributed by atoms with Gasteiger partial charge in [0.05, 0.1) is 0 Å². The summed E-state index contributed by atoms with van der Waals surface area (Å²) in [4.78, 5) is 26.7. The number of rotatable bonds is 2. The van der Waals surface area contributed by atoms with Crippen molar-refractivity contribution in [2.75, 3.05) is 26.2 Å². The van der Waals surface area contributed by atoms with E-state index < -0.39 is 11.6 Å². The van der Waals surface area contributed by atoms with Crippen LogP contribution in [0.4, 0.5) is 4.79 Å². The topological polar surface area (TPSA) is 69.3 Å². The molecule has 7 fully saturated rings. The van der Waals surface area contributed by atoms with Crippen molar-refractivity contribution in [1.29, 1.82) is 0 Å². The van der Waals surface area contributed by atoms with Gasteiger partial charge >= 0.3 is 6.09 Å². The molecule has 1 amide bonds. The highest BCUT2D eigenvalue weighted by molar-refractivity contribution is 5.70. The molecular formula is C27H36N2O5. The van der Waals surface area contributed by atoms with Gasteiger partial charge in [-0.25, -0.2) is 4.79 Å². The Bertz CT molecular complexity index is 919. The van der Waals surface area contributed by atoms with Crippen molar-refractivity contribution in [3.8, 4) is 5.75 Å². The van der Waals surface area contributed by atoms with Gasteiger partial charge in [0.25, 0.3) is 0 Å². The first-order valence-electron chi connectivity index (χ1n) is 13.5. The van der Waals surface area contributed by atoms with E-state index in [1.165, 1.54) is 37.7 Å². The lowest BCUT2D eigenvalue weighted by atomic mass is 9.53. The summed E-state index contributed by atoms with van der Waals surface area (Å²) in [6.07, 6.45) is 9.86. The van der Waals surface area contributed by atoms with Crippen LogP contribution in [0.5, 0.6) is 5.75 Å².